The Balaban J connectivity index is 2.54. The molecule has 0 bridgehead atoms. The first-order valence-corrected chi connectivity index (χ1v) is 5.46. The molecule has 2 amide bonds. The molecule has 17 heavy (non-hydrogen) atoms. The van der Waals surface area contributed by atoms with Gasteiger partial charge in [0, 0.05) is 20.1 Å². The normalized spacial score (nSPS) is 17.6. The van der Waals surface area contributed by atoms with Crippen LogP contribution in [0.5, 0.6) is 0 Å². The van der Waals surface area contributed by atoms with Gasteiger partial charge in [0.2, 0.25) is 0 Å². The maximum atomic E-state index is 11.8. The number of hydrogen-bond acceptors (Lipinski definition) is 4. The van der Waals surface area contributed by atoms with Gasteiger partial charge < -0.3 is 14.7 Å². The second-order valence-electron chi connectivity index (χ2n) is 4.44. The van der Waals surface area contributed by atoms with E-state index in [9.17, 15) is 9.59 Å². The smallest absolute Gasteiger partial charge is 0.332 e. The standard InChI is InChI=1S/C10H19N3O4/c1-10(2,8(14)15)12(3)9(16)11-13-4-6-17-7-5-13/h4-7H2,1-3H3,(H,11,16)(H,14,15). The van der Waals surface area contributed by atoms with Crippen LogP contribution in [-0.4, -0.2) is 65.9 Å². The molecule has 7 heteroatoms. The zero-order chi connectivity index (χ0) is 13.1. The molecule has 2 N–H and O–H groups in total. The molecule has 0 aromatic rings. The van der Waals surface area contributed by atoms with Crippen molar-refractivity contribution in [3.05, 3.63) is 0 Å². The van der Waals surface area contributed by atoms with Crippen LogP contribution in [0.25, 0.3) is 0 Å². The van der Waals surface area contributed by atoms with Crippen LogP contribution in [0.2, 0.25) is 0 Å². The second kappa shape index (κ2) is 5.33. The summed E-state index contributed by atoms with van der Waals surface area (Å²) < 4.78 is 5.15. The number of nitrogens with zero attached hydrogens (tertiary/aromatic N) is 2. The Labute approximate surface area is 100 Å². The van der Waals surface area contributed by atoms with Gasteiger partial charge in [0.1, 0.15) is 5.54 Å². The number of hydrazine groups is 1. The predicted molar refractivity (Wildman–Crippen MR) is 60.4 cm³/mol. The molecule has 0 aliphatic carbocycles. The second-order valence-corrected chi connectivity index (χ2v) is 4.44. The van der Waals surface area contributed by atoms with Crippen LogP contribution in [0, 0.1) is 0 Å². The number of carbonyl (C=O) groups is 2. The van der Waals surface area contributed by atoms with E-state index in [-0.39, 0.29) is 0 Å². The van der Waals surface area contributed by atoms with Crippen LogP contribution in [0.4, 0.5) is 4.79 Å². The zero-order valence-corrected chi connectivity index (χ0v) is 10.4. The number of hydrogen-bond donors (Lipinski definition) is 2. The molecule has 0 radical (unpaired) electrons. The monoisotopic (exact) mass is 245 g/mol. The number of nitrogens with one attached hydrogen (secondary N) is 1. The molecule has 0 aromatic heterocycles. The number of amides is 2. The van der Waals surface area contributed by atoms with Crippen LogP contribution in [0.15, 0.2) is 0 Å². The van der Waals surface area contributed by atoms with Crippen molar-refractivity contribution in [2.45, 2.75) is 19.4 Å². The lowest BCUT2D eigenvalue weighted by Gasteiger charge is -2.34. The van der Waals surface area contributed by atoms with Crippen LogP contribution in [-0.2, 0) is 9.53 Å². The van der Waals surface area contributed by atoms with E-state index in [0.717, 1.165) is 0 Å². The van der Waals surface area contributed by atoms with E-state index in [1.54, 1.807) is 5.01 Å². The number of urea groups is 1. The highest BCUT2D eigenvalue weighted by Crippen LogP contribution is 2.12. The Morgan fingerprint density at radius 3 is 2.35 bits per heavy atom. The van der Waals surface area contributed by atoms with Gasteiger partial charge in [0.15, 0.2) is 0 Å². The Morgan fingerprint density at radius 1 is 1.35 bits per heavy atom. The van der Waals surface area contributed by atoms with E-state index < -0.39 is 17.5 Å². The van der Waals surface area contributed by atoms with Gasteiger partial charge in [-0.3, -0.25) is 5.43 Å². The van der Waals surface area contributed by atoms with E-state index in [4.69, 9.17) is 9.84 Å². The highest BCUT2D eigenvalue weighted by atomic mass is 16.5. The largest absolute Gasteiger partial charge is 0.480 e. The van der Waals surface area contributed by atoms with Crippen LogP contribution in [0.3, 0.4) is 0 Å². The third kappa shape index (κ3) is 3.31. The minimum Gasteiger partial charge on any atom is -0.480 e. The predicted octanol–water partition coefficient (Wildman–Crippen LogP) is -0.262. The molecular formula is C10H19N3O4. The van der Waals surface area contributed by atoms with Gasteiger partial charge in [-0.1, -0.05) is 0 Å². The van der Waals surface area contributed by atoms with Gasteiger partial charge in [0.25, 0.3) is 0 Å². The molecule has 1 rings (SSSR count). The van der Waals surface area contributed by atoms with Gasteiger partial charge in [-0.15, -0.1) is 0 Å². The fraction of sp³-hybridized carbons (Fsp3) is 0.800. The van der Waals surface area contributed by atoms with Crippen molar-refractivity contribution in [1.29, 1.82) is 0 Å². The lowest BCUT2D eigenvalue weighted by atomic mass is 10.1. The summed E-state index contributed by atoms with van der Waals surface area (Å²) in [4.78, 5) is 24.0. The summed E-state index contributed by atoms with van der Waals surface area (Å²) >= 11 is 0. The van der Waals surface area contributed by atoms with Crippen molar-refractivity contribution in [2.24, 2.45) is 0 Å². The van der Waals surface area contributed by atoms with Crippen LogP contribution in [0.1, 0.15) is 13.8 Å². The van der Waals surface area contributed by atoms with Gasteiger partial charge in [-0.25, -0.2) is 14.6 Å². The summed E-state index contributed by atoms with van der Waals surface area (Å²) in [5, 5.41) is 10.7. The third-order valence-corrected chi connectivity index (χ3v) is 2.93. The lowest BCUT2D eigenvalue weighted by molar-refractivity contribution is -0.147. The van der Waals surface area contributed by atoms with Gasteiger partial charge >= 0.3 is 12.0 Å². The average molecular weight is 245 g/mol. The van der Waals surface area contributed by atoms with E-state index >= 15 is 0 Å². The molecule has 0 unspecified atom stereocenters. The molecule has 1 fully saturated rings. The molecule has 7 nitrogen and oxygen atoms in total. The first-order valence-electron chi connectivity index (χ1n) is 5.46. The summed E-state index contributed by atoms with van der Waals surface area (Å²) in [6.07, 6.45) is 0. The van der Waals surface area contributed by atoms with E-state index in [1.165, 1.54) is 25.8 Å². The van der Waals surface area contributed by atoms with Crippen molar-refractivity contribution in [3.8, 4) is 0 Å². The minimum atomic E-state index is -1.24. The van der Waals surface area contributed by atoms with Crippen molar-refractivity contribution in [2.75, 3.05) is 33.4 Å². The number of carbonyl (C=O) groups excluding carboxylic acids is 1. The minimum absolute atomic E-state index is 0.431. The average Bonchev–Trinajstić information content (AvgIpc) is 2.29. The fourth-order valence-electron chi connectivity index (χ4n) is 1.28. The van der Waals surface area contributed by atoms with Gasteiger partial charge in [-0.05, 0) is 13.8 Å². The molecule has 0 spiro atoms. The van der Waals surface area contributed by atoms with Crippen molar-refractivity contribution >= 4 is 12.0 Å². The number of rotatable bonds is 3. The molecule has 0 saturated carbocycles. The Hall–Kier alpha value is -1.34. The van der Waals surface area contributed by atoms with Gasteiger partial charge in [0.05, 0.1) is 13.2 Å². The molecule has 98 valence electrons. The summed E-state index contributed by atoms with van der Waals surface area (Å²) in [5.41, 5.74) is 1.42. The molecule has 1 aliphatic heterocycles. The Bertz CT molecular complexity index is 300. The van der Waals surface area contributed by atoms with E-state index in [2.05, 4.69) is 5.43 Å². The molecule has 1 aliphatic rings. The number of ether oxygens (including phenoxy) is 1. The van der Waals surface area contributed by atoms with Crippen molar-refractivity contribution in [3.63, 3.8) is 0 Å². The first-order chi connectivity index (χ1) is 7.85. The van der Waals surface area contributed by atoms with Crippen LogP contribution < -0.4 is 5.43 Å². The molecular weight excluding hydrogens is 226 g/mol. The number of morpholine rings is 1. The van der Waals surface area contributed by atoms with Crippen molar-refractivity contribution in [1.82, 2.24) is 15.3 Å². The molecule has 0 aromatic carbocycles. The number of carboxylic acids is 1. The van der Waals surface area contributed by atoms with Gasteiger partial charge in [-0.2, -0.15) is 0 Å². The molecule has 1 heterocycles. The Kier molecular flexibility index (Phi) is 4.30. The maximum absolute atomic E-state index is 11.8. The summed E-state index contributed by atoms with van der Waals surface area (Å²) in [7, 11) is 1.46. The van der Waals surface area contributed by atoms with E-state index in [1.807, 2.05) is 0 Å². The molecule has 1 saturated heterocycles. The summed E-state index contributed by atoms with van der Waals surface area (Å²) in [6.45, 7) is 5.29. The first kappa shape index (κ1) is 13.7. The molecule has 0 atom stereocenters. The van der Waals surface area contributed by atoms with Crippen LogP contribution >= 0.6 is 0 Å². The summed E-state index contributed by atoms with van der Waals surface area (Å²) in [5.74, 6) is -1.04. The topological polar surface area (TPSA) is 82.1 Å². The zero-order valence-electron chi connectivity index (χ0n) is 10.4. The summed E-state index contributed by atoms with van der Waals surface area (Å²) in [6, 6.07) is -0.431. The highest BCUT2D eigenvalue weighted by molar-refractivity contribution is 5.85. The Morgan fingerprint density at radius 2 is 1.88 bits per heavy atom. The van der Waals surface area contributed by atoms with Crippen molar-refractivity contribution < 1.29 is 19.4 Å². The lowest BCUT2D eigenvalue weighted by Crippen LogP contribution is -2.58. The quantitative estimate of drug-likeness (QED) is 0.715. The number of aliphatic carboxylic acids is 1. The highest BCUT2D eigenvalue weighted by Gasteiger charge is 2.35. The SMILES string of the molecule is CN(C(=O)NN1CCOCC1)C(C)(C)C(=O)O. The fourth-order valence-corrected chi connectivity index (χ4v) is 1.28. The maximum Gasteiger partial charge on any atom is 0.332 e. The third-order valence-electron chi connectivity index (χ3n) is 2.93. The number of likely N-dealkylation sites (N-methyl/N-ethyl adjacent to an activating group) is 1. The van der Waals surface area contributed by atoms with E-state index in [0.29, 0.717) is 26.3 Å². The number of carboxylic acid groups (broad SMARTS) is 1.